The quantitative estimate of drug-likeness (QED) is 0.628. The van der Waals surface area contributed by atoms with Gasteiger partial charge in [0.25, 0.3) is 5.91 Å². The van der Waals surface area contributed by atoms with Gasteiger partial charge in [0.2, 0.25) is 0 Å². The Morgan fingerprint density at radius 3 is 2.67 bits per heavy atom. The number of aromatic nitrogens is 1. The van der Waals surface area contributed by atoms with Gasteiger partial charge in [-0.15, -0.1) is 0 Å². The topological polar surface area (TPSA) is 46.9 Å². The number of hydrogen-bond donors (Lipinski definition) is 1. The first kappa shape index (κ1) is 19.6. The highest BCUT2D eigenvalue weighted by Gasteiger charge is 2.21. The maximum absolute atomic E-state index is 12.9. The number of hydrogen-bond acceptors (Lipinski definition) is 4. The lowest BCUT2D eigenvalue weighted by molar-refractivity contribution is -0.858. The van der Waals surface area contributed by atoms with Gasteiger partial charge in [0.1, 0.15) is 11.3 Å². The number of nitrogens with zero attached hydrogens (tertiary/aromatic N) is 2. The molecule has 142 valence electrons. The summed E-state index contributed by atoms with van der Waals surface area (Å²) in [5.74, 6) is 0.568. The van der Waals surface area contributed by atoms with Gasteiger partial charge in [-0.3, -0.25) is 9.69 Å². The molecule has 1 aromatic heterocycles. The van der Waals surface area contributed by atoms with E-state index >= 15 is 0 Å². The van der Waals surface area contributed by atoms with Gasteiger partial charge in [-0.25, -0.2) is 4.98 Å². The van der Waals surface area contributed by atoms with Gasteiger partial charge in [0.05, 0.1) is 30.4 Å². The normalized spacial score (nSPS) is 11.1. The Kier molecular flexibility index (Phi) is 6.66. The van der Waals surface area contributed by atoms with E-state index in [1.807, 2.05) is 48.5 Å². The fraction of sp³-hybridized carbons (Fsp3) is 0.300. The van der Waals surface area contributed by atoms with Crippen molar-refractivity contribution in [2.75, 3.05) is 38.7 Å². The van der Waals surface area contributed by atoms with Crippen molar-refractivity contribution >= 4 is 44.2 Å². The zero-order chi connectivity index (χ0) is 19.2. The fourth-order valence-electron chi connectivity index (χ4n) is 2.68. The monoisotopic (exact) mass is 404 g/mol. The van der Waals surface area contributed by atoms with Crippen molar-refractivity contribution in [2.24, 2.45) is 0 Å². The molecule has 1 amide bonds. The smallest absolute Gasteiger partial charge is 0.266 e. The molecule has 0 fully saturated rings. The lowest BCUT2D eigenvalue weighted by Gasteiger charge is -2.20. The summed E-state index contributed by atoms with van der Waals surface area (Å²) >= 11 is 7.73. The molecule has 0 aliphatic heterocycles. The third kappa shape index (κ3) is 5.19. The predicted molar refractivity (Wildman–Crippen MR) is 111 cm³/mol. The van der Waals surface area contributed by atoms with Gasteiger partial charge in [-0.1, -0.05) is 47.2 Å². The van der Waals surface area contributed by atoms with E-state index in [4.69, 9.17) is 16.3 Å². The van der Waals surface area contributed by atoms with Gasteiger partial charge in [-0.2, -0.15) is 0 Å². The summed E-state index contributed by atoms with van der Waals surface area (Å²) in [5.41, 5.74) is 0.735. The zero-order valence-corrected chi connectivity index (χ0v) is 17.0. The number of carbonyl (C=O) groups excluding carboxylic acids is 1. The van der Waals surface area contributed by atoms with E-state index < -0.39 is 0 Å². The minimum Gasteiger partial charge on any atom is -0.484 e. The molecule has 0 radical (unpaired) electrons. The minimum absolute atomic E-state index is 0.0253. The van der Waals surface area contributed by atoms with E-state index in [0.29, 0.717) is 22.4 Å². The van der Waals surface area contributed by atoms with Crippen molar-refractivity contribution in [3.63, 3.8) is 0 Å². The average molecular weight is 405 g/mol. The molecule has 0 spiro atoms. The molecular formula is C20H23ClN3O2S+. The fourth-order valence-corrected chi connectivity index (χ4v) is 3.98. The van der Waals surface area contributed by atoms with Gasteiger partial charge >= 0.3 is 0 Å². The number of para-hydroxylation sites is 2. The van der Waals surface area contributed by atoms with Gasteiger partial charge in [0, 0.05) is 13.0 Å². The molecule has 0 aliphatic carbocycles. The maximum Gasteiger partial charge on any atom is 0.266 e. The lowest BCUT2D eigenvalue weighted by atomic mass is 10.3. The van der Waals surface area contributed by atoms with Gasteiger partial charge in [0.15, 0.2) is 11.7 Å². The molecular weight excluding hydrogens is 382 g/mol. The number of carbonyl (C=O) groups is 1. The van der Waals surface area contributed by atoms with E-state index in [2.05, 4.69) is 19.1 Å². The second-order valence-corrected chi connectivity index (χ2v) is 7.96. The molecule has 2 aromatic carbocycles. The van der Waals surface area contributed by atoms with Crippen LogP contribution in [-0.2, 0) is 4.79 Å². The number of anilines is 1. The molecule has 0 aliphatic rings. The molecule has 1 N–H and O–H groups in total. The summed E-state index contributed by atoms with van der Waals surface area (Å²) in [6.45, 7) is 1.54. The van der Waals surface area contributed by atoms with Crippen LogP contribution in [0.3, 0.4) is 0 Å². The Morgan fingerprint density at radius 2 is 1.96 bits per heavy atom. The minimum atomic E-state index is -0.109. The number of rotatable bonds is 8. The van der Waals surface area contributed by atoms with E-state index in [1.165, 1.54) is 16.2 Å². The molecule has 5 nitrogen and oxygen atoms in total. The number of ether oxygens (including phenoxy) is 1. The predicted octanol–water partition coefficient (Wildman–Crippen LogP) is 2.90. The summed E-state index contributed by atoms with van der Waals surface area (Å²) in [4.78, 5) is 20.6. The molecule has 0 unspecified atom stereocenters. The Balaban J connectivity index is 1.78. The Hall–Kier alpha value is -2.15. The van der Waals surface area contributed by atoms with E-state index in [1.54, 1.807) is 4.90 Å². The van der Waals surface area contributed by atoms with Crippen molar-refractivity contribution in [3.05, 3.63) is 53.6 Å². The Morgan fingerprint density at radius 1 is 1.19 bits per heavy atom. The van der Waals surface area contributed by atoms with Crippen molar-refractivity contribution in [3.8, 4) is 5.75 Å². The van der Waals surface area contributed by atoms with Crippen LogP contribution in [0.5, 0.6) is 5.75 Å². The molecule has 1 heterocycles. The van der Waals surface area contributed by atoms with Crippen LogP contribution < -0.4 is 14.5 Å². The van der Waals surface area contributed by atoms with Gasteiger partial charge < -0.3 is 9.64 Å². The number of nitrogens with one attached hydrogen (secondary N) is 1. The highest BCUT2D eigenvalue weighted by Crippen LogP contribution is 2.33. The first-order valence-corrected chi connectivity index (χ1v) is 10.1. The summed E-state index contributed by atoms with van der Waals surface area (Å²) in [6, 6.07) is 15.0. The van der Waals surface area contributed by atoms with Crippen molar-refractivity contribution in [1.82, 2.24) is 4.98 Å². The van der Waals surface area contributed by atoms with E-state index in [-0.39, 0.29) is 12.5 Å². The van der Waals surface area contributed by atoms with Crippen molar-refractivity contribution < 1.29 is 14.4 Å². The highest BCUT2D eigenvalue weighted by atomic mass is 35.5. The summed E-state index contributed by atoms with van der Waals surface area (Å²) < 4.78 is 6.62. The van der Waals surface area contributed by atoms with Crippen LogP contribution in [0.4, 0.5) is 5.13 Å². The Labute approximate surface area is 168 Å². The van der Waals surface area contributed by atoms with Crippen molar-refractivity contribution in [2.45, 2.75) is 6.42 Å². The number of benzene rings is 2. The second-order valence-electron chi connectivity index (χ2n) is 6.54. The largest absolute Gasteiger partial charge is 0.484 e. The zero-order valence-electron chi connectivity index (χ0n) is 15.4. The summed E-state index contributed by atoms with van der Waals surface area (Å²) in [5, 5.41) is 1.26. The number of amides is 1. The van der Waals surface area contributed by atoms with E-state index in [9.17, 15) is 4.79 Å². The molecule has 0 bridgehead atoms. The van der Waals surface area contributed by atoms with E-state index in [0.717, 1.165) is 23.2 Å². The lowest BCUT2D eigenvalue weighted by Crippen LogP contribution is -3.05. The maximum atomic E-state index is 12.9. The molecule has 0 saturated carbocycles. The van der Waals surface area contributed by atoms with Crippen LogP contribution >= 0.6 is 22.9 Å². The standard InChI is InChI=1S/C20H22ClN3O2S/c1-23(2)12-7-13-24(18(25)14-26-15-8-4-3-5-9-15)20-22-19-16(21)10-6-11-17(19)27-20/h3-6,8-11H,7,12-14H2,1-2H3/p+1. The summed E-state index contributed by atoms with van der Waals surface area (Å²) in [6.07, 6.45) is 0.878. The van der Waals surface area contributed by atoms with Crippen LogP contribution in [0.1, 0.15) is 6.42 Å². The number of quaternary nitrogens is 1. The third-order valence-corrected chi connectivity index (χ3v) is 5.40. The van der Waals surface area contributed by atoms with Crippen LogP contribution in [0, 0.1) is 0 Å². The molecule has 0 atom stereocenters. The van der Waals surface area contributed by atoms with Crippen molar-refractivity contribution in [1.29, 1.82) is 0 Å². The molecule has 3 rings (SSSR count). The average Bonchev–Trinajstić information content (AvgIpc) is 3.09. The number of halogens is 1. The second kappa shape index (κ2) is 9.17. The van der Waals surface area contributed by atoms with Crippen LogP contribution in [0.25, 0.3) is 10.2 Å². The SMILES string of the molecule is C[NH+](C)CCCN(C(=O)COc1ccccc1)c1nc2c(Cl)cccc2s1. The summed E-state index contributed by atoms with van der Waals surface area (Å²) in [7, 11) is 4.20. The van der Waals surface area contributed by atoms with Crippen LogP contribution in [0.2, 0.25) is 5.02 Å². The molecule has 7 heteroatoms. The first-order valence-electron chi connectivity index (χ1n) is 8.87. The first-order chi connectivity index (χ1) is 13.0. The molecule has 27 heavy (non-hydrogen) atoms. The Bertz CT molecular complexity index is 899. The van der Waals surface area contributed by atoms with Gasteiger partial charge in [-0.05, 0) is 24.3 Å². The van der Waals surface area contributed by atoms with Crippen LogP contribution in [-0.4, -0.2) is 44.7 Å². The highest BCUT2D eigenvalue weighted by molar-refractivity contribution is 7.22. The number of fused-ring (bicyclic) bond motifs is 1. The number of thiazole rings is 1. The molecule has 0 saturated heterocycles. The van der Waals surface area contributed by atoms with Crippen LogP contribution in [0.15, 0.2) is 48.5 Å². The molecule has 3 aromatic rings. The third-order valence-electron chi connectivity index (χ3n) is 4.05.